The molecule has 0 radical (unpaired) electrons. The summed E-state index contributed by atoms with van der Waals surface area (Å²) in [4.78, 5) is 29.1. The van der Waals surface area contributed by atoms with Gasteiger partial charge in [0.2, 0.25) is 11.8 Å². The molecule has 0 aliphatic carbocycles. The van der Waals surface area contributed by atoms with Gasteiger partial charge in [-0.2, -0.15) is 0 Å². The fourth-order valence-electron chi connectivity index (χ4n) is 7.67. The van der Waals surface area contributed by atoms with Gasteiger partial charge in [0.05, 0.1) is 44.3 Å². The van der Waals surface area contributed by atoms with Crippen molar-refractivity contribution in [2.45, 2.75) is 27.7 Å². The number of fused-ring (bicyclic) bond motifs is 6. The van der Waals surface area contributed by atoms with Gasteiger partial charge in [0.1, 0.15) is 0 Å². The molecule has 238 valence electrons. The van der Waals surface area contributed by atoms with Gasteiger partial charge in [-0.3, -0.25) is 9.59 Å². The van der Waals surface area contributed by atoms with Gasteiger partial charge in [-0.1, -0.05) is 78.9 Å². The van der Waals surface area contributed by atoms with Crippen LogP contribution < -0.4 is 4.90 Å². The third kappa shape index (κ3) is 3.99. The SMILES string of the molecule is CC1(C)C(=O)N(c2ccccc2-n2c3ccccc3c3cc(-c4ccc5c(c4)c4ccccc4n5-c4ccccc4)ccc32)C(=O)C1(C)C. The molecule has 0 spiro atoms. The van der Waals surface area contributed by atoms with E-state index < -0.39 is 10.8 Å². The number of amides is 2. The van der Waals surface area contributed by atoms with Gasteiger partial charge < -0.3 is 9.13 Å². The van der Waals surface area contributed by atoms with Crippen LogP contribution in [0.2, 0.25) is 0 Å². The first kappa shape index (κ1) is 29.2. The molecule has 1 fully saturated rings. The van der Waals surface area contributed by atoms with Crippen molar-refractivity contribution in [1.82, 2.24) is 9.13 Å². The predicted octanol–water partition coefficient (Wildman–Crippen LogP) is 10.5. The highest BCUT2D eigenvalue weighted by Crippen LogP contribution is 2.50. The van der Waals surface area contributed by atoms with E-state index in [2.05, 4.69) is 112 Å². The van der Waals surface area contributed by atoms with Gasteiger partial charge in [0, 0.05) is 27.2 Å². The quantitative estimate of drug-likeness (QED) is 0.180. The molecule has 5 nitrogen and oxygen atoms in total. The van der Waals surface area contributed by atoms with E-state index in [-0.39, 0.29) is 11.8 Å². The van der Waals surface area contributed by atoms with Crippen molar-refractivity contribution in [3.05, 3.63) is 140 Å². The molecule has 2 amide bonds. The number of benzene rings is 6. The summed E-state index contributed by atoms with van der Waals surface area (Å²) in [6, 6.07) is 48.6. The van der Waals surface area contributed by atoms with Crippen LogP contribution in [-0.2, 0) is 9.59 Å². The van der Waals surface area contributed by atoms with E-state index in [0.717, 1.165) is 44.3 Å². The van der Waals surface area contributed by atoms with Gasteiger partial charge in [-0.15, -0.1) is 0 Å². The minimum absolute atomic E-state index is 0.179. The maximum absolute atomic E-state index is 13.9. The van der Waals surface area contributed by atoms with Crippen molar-refractivity contribution in [1.29, 1.82) is 0 Å². The Morgan fingerprint density at radius 3 is 1.41 bits per heavy atom. The minimum Gasteiger partial charge on any atom is -0.309 e. The van der Waals surface area contributed by atoms with Crippen LogP contribution in [0.15, 0.2) is 140 Å². The number of hydrogen-bond acceptors (Lipinski definition) is 2. The van der Waals surface area contributed by atoms with Crippen molar-refractivity contribution < 1.29 is 9.59 Å². The molecule has 0 atom stereocenters. The van der Waals surface area contributed by atoms with Crippen LogP contribution in [0.4, 0.5) is 5.69 Å². The third-order valence-corrected chi connectivity index (χ3v) is 11.1. The molecular formula is C44H35N3O2. The second kappa shape index (κ2) is 10.3. The summed E-state index contributed by atoms with van der Waals surface area (Å²) in [6.45, 7) is 7.48. The van der Waals surface area contributed by atoms with Crippen LogP contribution >= 0.6 is 0 Å². The molecule has 1 saturated heterocycles. The third-order valence-electron chi connectivity index (χ3n) is 11.1. The van der Waals surface area contributed by atoms with Crippen LogP contribution in [0, 0.1) is 10.8 Å². The Balaban J connectivity index is 1.23. The Morgan fingerprint density at radius 2 is 0.837 bits per heavy atom. The van der Waals surface area contributed by atoms with E-state index in [1.807, 2.05) is 64.1 Å². The molecule has 9 rings (SSSR count). The van der Waals surface area contributed by atoms with Gasteiger partial charge in [-0.05, 0) is 99.5 Å². The largest absolute Gasteiger partial charge is 0.309 e. The molecule has 6 aromatic carbocycles. The van der Waals surface area contributed by atoms with Crippen LogP contribution in [0.3, 0.4) is 0 Å². The maximum atomic E-state index is 13.9. The molecule has 1 aliphatic heterocycles. The summed E-state index contributed by atoms with van der Waals surface area (Å²) < 4.78 is 4.53. The first-order valence-electron chi connectivity index (χ1n) is 16.8. The Bertz CT molecular complexity index is 2630. The second-order valence-corrected chi connectivity index (χ2v) is 14.2. The lowest BCUT2D eigenvalue weighted by Crippen LogP contribution is -2.35. The van der Waals surface area contributed by atoms with Gasteiger partial charge in [0.25, 0.3) is 0 Å². The highest BCUT2D eigenvalue weighted by molar-refractivity contribution is 6.26. The number of imide groups is 1. The Morgan fingerprint density at radius 1 is 0.408 bits per heavy atom. The van der Waals surface area contributed by atoms with Crippen molar-refractivity contribution in [2.75, 3.05) is 4.90 Å². The lowest BCUT2D eigenvalue weighted by atomic mass is 9.70. The van der Waals surface area contributed by atoms with E-state index in [4.69, 9.17) is 0 Å². The summed E-state index contributed by atoms with van der Waals surface area (Å²) in [5.41, 5.74) is 7.51. The Hall–Kier alpha value is -5.94. The molecular weight excluding hydrogens is 603 g/mol. The van der Waals surface area contributed by atoms with E-state index in [0.29, 0.717) is 5.69 Å². The first-order valence-corrected chi connectivity index (χ1v) is 16.8. The van der Waals surface area contributed by atoms with Crippen LogP contribution in [0.1, 0.15) is 27.7 Å². The fraction of sp³-hybridized carbons (Fsp3) is 0.136. The normalized spacial score (nSPS) is 15.7. The van der Waals surface area contributed by atoms with Crippen molar-refractivity contribution in [3.63, 3.8) is 0 Å². The molecule has 0 bridgehead atoms. The number of anilines is 1. The maximum Gasteiger partial charge on any atom is 0.240 e. The average Bonchev–Trinajstić information content (AvgIpc) is 3.67. The number of hydrogen-bond donors (Lipinski definition) is 0. The highest BCUT2D eigenvalue weighted by Gasteiger charge is 2.60. The van der Waals surface area contributed by atoms with Crippen LogP contribution in [0.25, 0.3) is 66.1 Å². The van der Waals surface area contributed by atoms with E-state index >= 15 is 0 Å². The van der Waals surface area contributed by atoms with Crippen molar-refractivity contribution in [2.24, 2.45) is 10.8 Å². The van der Waals surface area contributed by atoms with E-state index in [1.54, 1.807) is 0 Å². The molecule has 0 saturated carbocycles. The number of nitrogens with zero attached hydrogens (tertiary/aromatic N) is 3. The van der Waals surface area contributed by atoms with E-state index in [1.165, 1.54) is 26.7 Å². The average molecular weight is 638 g/mol. The number of rotatable bonds is 4. The molecule has 0 N–H and O–H groups in total. The monoisotopic (exact) mass is 637 g/mol. The zero-order valence-electron chi connectivity index (χ0n) is 27.9. The number of carbonyl (C=O) groups excluding carboxylic acids is 2. The number of carbonyl (C=O) groups is 2. The zero-order chi connectivity index (χ0) is 33.7. The Labute approximate surface area is 284 Å². The van der Waals surface area contributed by atoms with Gasteiger partial charge in [-0.25, -0.2) is 4.90 Å². The topological polar surface area (TPSA) is 47.2 Å². The standard InChI is InChI=1S/C44H35N3O2/c1-43(2)41(48)47(42(49)44(43,3)4)40-21-13-12-20-39(40)46-36-19-11-9-17-32(36)34-27-29(23-25-38(34)46)28-22-24-37-33(26-28)31-16-8-10-18-35(31)45(37)30-14-6-5-7-15-30/h5-27H,1-4H3. The molecule has 3 heterocycles. The summed E-state index contributed by atoms with van der Waals surface area (Å²) in [6.07, 6.45) is 0. The smallest absolute Gasteiger partial charge is 0.240 e. The van der Waals surface area contributed by atoms with E-state index in [9.17, 15) is 9.59 Å². The second-order valence-electron chi connectivity index (χ2n) is 14.2. The molecule has 0 unspecified atom stereocenters. The highest BCUT2D eigenvalue weighted by atomic mass is 16.2. The minimum atomic E-state index is -0.832. The van der Waals surface area contributed by atoms with Crippen LogP contribution in [-0.4, -0.2) is 20.9 Å². The van der Waals surface area contributed by atoms with Crippen LogP contribution in [0.5, 0.6) is 0 Å². The number of aromatic nitrogens is 2. The summed E-state index contributed by atoms with van der Waals surface area (Å²) in [5, 5.41) is 4.64. The fourth-order valence-corrected chi connectivity index (χ4v) is 7.67. The predicted molar refractivity (Wildman–Crippen MR) is 201 cm³/mol. The Kier molecular flexibility index (Phi) is 6.13. The van der Waals surface area contributed by atoms with Gasteiger partial charge in [0.15, 0.2) is 0 Å². The van der Waals surface area contributed by atoms with Gasteiger partial charge >= 0.3 is 0 Å². The number of para-hydroxylation sites is 5. The summed E-state index contributed by atoms with van der Waals surface area (Å²) in [5.74, 6) is -0.357. The molecule has 49 heavy (non-hydrogen) atoms. The van der Waals surface area contributed by atoms with Crippen molar-refractivity contribution in [3.8, 4) is 22.5 Å². The first-order chi connectivity index (χ1) is 23.7. The zero-order valence-corrected chi connectivity index (χ0v) is 27.9. The van der Waals surface area contributed by atoms with Crippen molar-refractivity contribution >= 4 is 61.1 Å². The molecule has 5 heteroatoms. The summed E-state index contributed by atoms with van der Waals surface area (Å²) in [7, 11) is 0. The molecule has 8 aromatic rings. The lowest BCUT2D eigenvalue weighted by Gasteiger charge is -2.28. The lowest BCUT2D eigenvalue weighted by molar-refractivity contribution is -0.129. The molecule has 2 aromatic heterocycles. The summed E-state index contributed by atoms with van der Waals surface area (Å²) >= 11 is 0. The molecule has 1 aliphatic rings.